The minimum atomic E-state index is -3.82. The summed E-state index contributed by atoms with van der Waals surface area (Å²) in [5, 5.41) is 2.60. The van der Waals surface area contributed by atoms with Gasteiger partial charge in [0.2, 0.25) is 26.0 Å². The first-order chi connectivity index (χ1) is 15.1. The minimum absolute atomic E-state index is 0.100. The molecule has 1 saturated heterocycles. The number of thioether (sulfide) groups is 1. The van der Waals surface area contributed by atoms with Crippen LogP contribution in [0.25, 0.3) is 0 Å². The number of likely N-dealkylation sites (N-methyl/N-ethyl adjacent to an activating group) is 1. The third-order valence-corrected chi connectivity index (χ3v) is 9.35. The first-order valence-corrected chi connectivity index (χ1v) is 13.8. The van der Waals surface area contributed by atoms with Crippen LogP contribution in [0.3, 0.4) is 0 Å². The third kappa shape index (κ3) is 5.69. The van der Waals surface area contributed by atoms with Gasteiger partial charge in [0.05, 0.1) is 29.5 Å². The number of amides is 1. The highest BCUT2D eigenvalue weighted by Crippen LogP contribution is 2.21. The molecule has 0 atom stereocenters. The van der Waals surface area contributed by atoms with Crippen molar-refractivity contribution in [2.24, 2.45) is 0 Å². The molecule has 0 spiro atoms. The maximum atomic E-state index is 12.7. The number of nitrogens with zero attached hydrogens (tertiary/aromatic N) is 2. The smallest absolute Gasteiger partial charge is 0.243 e. The maximum Gasteiger partial charge on any atom is 0.243 e. The maximum absolute atomic E-state index is 12.7. The largest absolute Gasteiger partial charge is 0.379 e. The number of ether oxygens (including phenoxy) is 1. The number of carbonyl (C=O) groups excluding carboxylic acids is 1. The van der Waals surface area contributed by atoms with Gasteiger partial charge in [0.25, 0.3) is 0 Å². The quantitative estimate of drug-likeness (QED) is 0.550. The van der Waals surface area contributed by atoms with E-state index in [0.717, 1.165) is 9.20 Å². The Labute approximate surface area is 192 Å². The van der Waals surface area contributed by atoms with Gasteiger partial charge in [-0.25, -0.2) is 16.8 Å². The summed E-state index contributed by atoms with van der Waals surface area (Å²) < 4.78 is 58.2. The fourth-order valence-electron chi connectivity index (χ4n) is 3.06. The van der Waals surface area contributed by atoms with Crippen molar-refractivity contribution in [2.75, 3.05) is 51.5 Å². The predicted octanol–water partition coefficient (Wildman–Crippen LogP) is 1.69. The number of hydrogen-bond donors (Lipinski definition) is 1. The first kappa shape index (κ1) is 24.7. The standard InChI is InChI=1S/C20H25N3O6S3/c1-22(31(25,26)18-9-5-17(30-2)6-10-18)15-20(24)21-16-3-7-19(8-4-16)32(27,28)23-11-13-29-14-12-23/h3-10H,11-15H2,1-2H3,(H,21,24). The number of hydrogen-bond acceptors (Lipinski definition) is 7. The molecule has 1 aliphatic heterocycles. The second-order valence-corrected chi connectivity index (χ2v) is 11.9. The number of nitrogens with one attached hydrogen (secondary N) is 1. The second-order valence-electron chi connectivity index (χ2n) is 7.03. The van der Waals surface area contributed by atoms with E-state index in [0.29, 0.717) is 32.0 Å². The van der Waals surface area contributed by atoms with Crippen LogP contribution in [0.5, 0.6) is 0 Å². The van der Waals surface area contributed by atoms with Crippen molar-refractivity contribution >= 4 is 43.4 Å². The van der Waals surface area contributed by atoms with E-state index >= 15 is 0 Å². The summed E-state index contributed by atoms with van der Waals surface area (Å²) in [6.07, 6.45) is 1.89. The molecular formula is C20H25N3O6S3. The molecule has 0 aromatic heterocycles. The number of sulfonamides is 2. The minimum Gasteiger partial charge on any atom is -0.379 e. The van der Waals surface area contributed by atoms with E-state index in [1.54, 1.807) is 12.1 Å². The number of rotatable bonds is 8. The predicted molar refractivity (Wildman–Crippen MR) is 123 cm³/mol. The summed E-state index contributed by atoms with van der Waals surface area (Å²) in [5.74, 6) is -0.541. The van der Waals surface area contributed by atoms with Gasteiger partial charge < -0.3 is 10.1 Å². The molecule has 1 aliphatic rings. The topological polar surface area (TPSA) is 113 Å². The Balaban J connectivity index is 1.62. The Morgan fingerprint density at radius 1 is 1.00 bits per heavy atom. The lowest BCUT2D eigenvalue weighted by atomic mass is 10.3. The summed E-state index contributed by atoms with van der Waals surface area (Å²) in [5.41, 5.74) is 0.367. The Hall–Kier alpha value is -1.96. The monoisotopic (exact) mass is 499 g/mol. The fraction of sp³-hybridized carbons (Fsp3) is 0.350. The van der Waals surface area contributed by atoms with Gasteiger partial charge in [0, 0.05) is 30.7 Å². The van der Waals surface area contributed by atoms with Crippen molar-refractivity contribution < 1.29 is 26.4 Å². The van der Waals surface area contributed by atoms with Crippen molar-refractivity contribution in [3.8, 4) is 0 Å². The average Bonchev–Trinajstić information content (AvgIpc) is 2.80. The molecule has 3 rings (SSSR count). The molecule has 1 fully saturated rings. The van der Waals surface area contributed by atoms with Gasteiger partial charge in [-0.1, -0.05) is 0 Å². The lowest BCUT2D eigenvalue weighted by Crippen LogP contribution is -2.40. The van der Waals surface area contributed by atoms with Gasteiger partial charge in [-0.15, -0.1) is 11.8 Å². The molecule has 2 aromatic carbocycles. The summed E-state index contributed by atoms with van der Waals surface area (Å²) >= 11 is 1.50. The van der Waals surface area contributed by atoms with Crippen LogP contribution >= 0.6 is 11.8 Å². The highest BCUT2D eigenvalue weighted by molar-refractivity contribution is 7.98. The molecule has 0 bridgehead atoms. The van der Waals surface area contributed by atoms with Crippen LogP contribution in [-0.4, -0.2) is 77.5 Å². The molecule has 9 nitrogen and oxygen atoms in total. The molecular weight excluding hydrogens is 474 g/mol. The van der Waals surface area contributed by atoms with Crippen molar-refractivity contribution in [3.63, 3.8) is 0 Å². The number of carbonyl (C=O) groups is 1. The van der Waals surface area contributed by atoms with Crippen LogP contribution in [0.4, 0.5) is 5.69 Å². The Bertz CT molecular complexity index is 1140. The molecule has 1 amide bonds. The van der Waals surface area contributed by atoms with E-state index in [2.05, 4.69) is 5.32 Å². The Kier molecular flexibility index (Phi) is 7.96. The van der Waals surface area contributed by atoms with Gasteiger partial charge in [-0.05, 0) is 54.8 Å². The van der Waals surface area contributed by atoms with E-state index in [9.17, 15) is 21.6 Å². The van der Waals surface area contributed by atoms with Gasteiger partial charge in [-0.3, -0.25) is 4.79 Å². The van der Waals surface area contributed by atoms with Crippen molar-refractivity contribution in [1.29, 1.82) is 0 Å². The molecule has 1 heterocycles. The molecule has 32 heavy (non-hydrogen) atoms. The third-order valence-electron chi connectivity index (χ3n) is 4.88. The van der Waals surface area contributed by atoms with Crippen LogP contribution in [0.1, 0.15) is 0 Å². The molecule has 1 N–H and O–H groups in total. The van der Waals surface area contributed by atoms with E-state index in [1.165, 1.54) is 59.5 Å². The molecule has 174 valence electrons. The molecule has 12 heteroatoms. The second kappa shape index (κ2) is 10.3. The summed E-state index contributed by atoms with van der Waals surface area (Å²) in [7, 11) is -6.12. The van der Waals surface area contributed by atoms with Crippen LogP contribution < -0.4 is 5.32 Å². The highest BCUT2D eigenvalue weighted by Gasteiger charge is 2.26. The zero-order valence-corrected chi connectivity index (χ0v) is 20.2. The summed E-state index contributed by atoms with van der Waals surface area (Å²) in [4.78, 5) is 13.5. The fourth-order valence-corrected chi connectivity index (χ4v) is 6.00. The van der Waals surface area contributed by atoms with Crippen molar-refractivity contribution in [3.05, 3.63) is 48.5 Å². The van der Waals surface area contributed by atoms with Gasteiger partial charge in [-0.2, -0.15) is 8.61 Å². The van der Waals surface area contributed by atoms with Crippen molar-refractivity contribution in [2.45, 2.75) is 14.7 Å². The zero-order valence-electron chi connectivity index (χ0n) is 17.7. The lowest BCUT2D eigenvalue weighted by molar-refractivity contribution is -0.116. The van der Waals surface area contributed by atoms with Crippen LogP contribution in [0.2, 0.25) is 0 Å². The van der Waals surface area contributed by atoms with Crippen LogP contribution in [-0.2, 0) is 29.6 Å². The number of morpholine rings is 1. The molecule has 0 unspecified atom stereocenters. The lowest BCUT2D eigenvalue weighted by Gasteiger charge is -2.26. The SMILES string of the molecule is CSc1ccc(S(=O)(=O)N(C)CC(=O)Nc2ccc(S(=O)(=O)N3CCOCC3)cc2)cc1. The molecule has 0 radical (unpaired) electrons. The summed E-state index contributed by atoms with van der Waals surface area (Å²) in [6, 6.07) is 12.2. The van der Waals surface area contributed by atoms with E-state index < -0.39 is 26.0 Å². The van der Waals surface area contributed by atoms with Gasteiger partial charge in [0.15, 0.2) is 0 Å². The van der Waals surface area contributed by atoms with E-state index in [1.807, 2.05) is 6.26 Å². The molecule has 0 aliphatic carbocycles. The van der Waals surface area contributed by atoms with Crippen molar-refractivity contribution in [1.82, 2.24) is 8.61 Å². The van der Waals surface area contributed by atoms with E-state index in [-0.39, 0.29) is 16.3 Å². The zero-order chi connectivity index (χ0) is 23.4. The van der Waals surface area contributed by atoms with Gasteiger partial charge >= 0.3 is 0 Å². The Morgan fingerprint density at radius 2 is 1.56 bits per heavy atom. The molecule has 0 saturated carbocycles. The van der Waals surface area contributed by atoms with Gasteiger partial charge in [0.1, 0.15) is 0 Å². The number of benzene rings is 2. The van der Waals surface area contributed by atoms with E-state index in [4.69, 9.17) is 4.74 Å². The van der Waals surface area contributed by atoms with Crippen LogP contribution in [0.15, 0.2) is 63.2 Å². The number of anilines is 1. The molecule has 2 aromatic rings. The highest BCUT2D eigenvalue weighted by atomic mass is 32.2. The van der Waals surface area contributed by atoms with Crippen LogP contribution in [0, 0.1) is 0 Å². The average molecular weight is 500 g/mol. The Morgan fingerprint density at radius 3 is 2.12 bits per heavy atom. The summed E-state index contributed by atoms with van der Waals surface area (Å²) in [6.45, 7) is 0.904. The normalized spacial score (nSPS) is 15.6. The first-order valence-electron chi connectivity index (χ1n) is 9.73.